The number of ether oxygens (including phenoxy) is 1. The molecule has 14 heavy (non-hydrogen) atoms. The van der Waals surface area contributed by atoms with Crippen LogP contribution in [-0.2, 0) is 14.3 Å². The van der Waals surface area contributed by atoms with Crippen LogP contribution >= 0.6 is 15.9 Å². The number of unbranched alkanes of at least 4 members (excludes halogenated alkanes) is 3. The summed E-state index contributed by atoms with van der Waals surface area (Å²) in [5.74, 6) is -0.549. The smallest absolute Gasteiger partial charge is 0.313 e. The molecule has 0 spiro atoms. The fourth-order valence-electron chi connectivity index (χ4n) is 0.990. The number of carbonyl (C=O) groups is 2. The number of alkyl halides is 1. The highest BCUT2D eigenvalue weighted by atomic mass is 79.9. The highest BCUT2D eigenvalue weighted by Crippen LogP contribution is 2.02. The van der Waals surface area contributed by atoms with Crippen molar-refractivity contribution in [2.45, 2.75) is 39.0 Å². The molecule has 0 aromatic heterocycles. The van der Waals surface area contributed by atoms with Crippen molar-refractivity contribution >= 4 is 27.7 Å². The quantitative estimate of drug-likeness (QED) is 0.293. The van der Waals surface area contributed by atoms with Crippen LogP contribution in [0.4, 0.5) is 0 Å². The van der Waals surface area contributed by atoms with Gasteiger partial charge < -0.3 is 4.74 Å². The lowest BCUT2D eigenvalue weighted by Crippen LogP contribution is -2.09. The summed E-state index contributed by atoms with van der Waals surface area (Å²) in [5.41, 5.74) is 0. The number of Topliss-reactive ketones (excluding diaryl/α,β-unsaturated/α-hetero) is 1. The van der Waals surface area contributed by atoms with Gasteiger partial charge in [0.05, 0.1) is 6.61 Å². The van der Waals surface area contributed by atoms with Crippen molar-refractivity contribution in [2.75, 3.05) is 11.9 Å². The molecule has 0 amide bonds. The molecule has 0 aliphatic rings. The Morgan fingerprint density at radius 1 is 1.14 bits per heavy atom. The number of halogens is 1. The Labute approximate surface area is 93.3 Å². The van der Waals surface area contributed by atoms with Crippen LogP contribution in [0.2, 0.25) is 0 Å². The van der Waals surface area contributed by atoms with Gasteiger partial charge in [0.2, 0.25) is 0 Å². The van der Waals surface area contributed by atoms with Crippen molar-refractivity contribution < 1.29 is 14.3 Å². The topological polar surface area (TPSA) is 43.4 Å². The van der Waals surface area contributed by atoms with Crippen molar-refractivity contribution in [2.24, 2.45) is 0 Å². The summed E-state index contributed by atoms with van der Waals surface area (Å²) in [6.45, 7) is 1.83. The van der Waals surface area contributed by atoms with Crippen molar-refractivity contribution in [1.82, 2.24) is 0 Å². The Hall–Kier alpha value is -0.380. The first-order valence-corrected chi connectivity index (χ1v) is 6.00. The summed E-state index contributed by atoms with van der Waals surface area (Å²) in [7, 11) is 0. The lowest BCUT2D eigenvalue weighted by atomic mass is 10.2. The second-order valence-corrected chi connectivity index (χ2v) is 4.00. The van der Waals surface area contributed by atoms with Gasteiger partial charge in [0.25, 0.3) is 0 Å². The molecule has 0 heterocycles. The Kier molecular flexibility index (Phi) is 8.94. The summed E-state index contributed by atoms with van der Waals surface area (Å²) in [5, 5.41) is 1.02. The molecule has 0 N–H and O–H groups in total. The second kappa shape index (κ2) is 9.19. The predicted octanol–water partition coefficient (Wildman–Crippen LogP) is 2.46. The average molecular weight is 265 g/mol. The zero-order valence-electron chi connectivity index (χ0n) is 8.55. The summed E-state index contributed by atoms with van der Waals surface area (Å²) in [6.07, 6.45) is 4.16. The van der Waals surface area contributed by atoms with Gasteiger partial charge in [-0.1, -0.05) is 28.8 Å². The number of ketones is 1. The molecule has 0 aliphatic carbocycles. The average Bonchev–Trinajstić information content (AvgIpc) is 2.10. The third-order valence-corrected chi connectivity index (χ3v) is 2.25. The number of carbonyl (C=O) groups excluding carboxylic acids is 2. The SMILES string of the molecule is CC(=O)CC(=O)OCCCCCCBr. The fraction of sp³-hybridized carbons (Fsp3) is 0.800. The minimum absolute atomic E-state index is 0.0958. The van der Waals surface area contributed by atoms with E-state index in [4.69, 9.17) is 4.74 Å². The lowest BCUT2D eigenvalue weighted by molar-refractivity contribution is -0.145. The van der Waals surface area contributed by atoms with E-state index in [1.165, 1.54) is 6.92 Å². The molecule has 82 valence electrons. The summed E-state index contributed by atoms with van der Waals surface area (Å²) >= 11 is 3.35. The van der Waals surface area contributed by atoms with Crippen LogP contribution in [0.25, 0.3) is 0 Å². The van der Waals surface area contributed by atoms with Crippen molar-refractivity contribution in [3.05, 3.63) is 0 Å². The molecule has 0 saturated carbocycles. The normalized spacial score (nSPS) is 9.86. The van der Waals surface area contributed by atoms with Gasteiger partial charge in [-0.15, -0.1) is 0 Å². The van der Waals surface area contributed by atoms with Gasteiger partial charge in [-0.2, -0.15) is 0 Å². The number of hydrogen-bond acceptors (Lipinski definition) is 3. The molecular weight excluding hydrogens is 248 g/mol. The zero-order chi connectivity index (χ0) is 10.8. The van der Waals surface area contributed by atoms with Crippen LogP contribution in [0.1, 0.15) is 39.0 Å². The van der Waals surface area contributed by atoms with E-state index in [0.29, 0.717) is 6.61 Å². The van der Waals surface area contributed by atoms with Gasteiger partial charge in [0.15, 0.2) is 0 Å². The maximum Gasteiger partial charge on any atom is 0.313 e. The molecule has 0 aromatic carbocycles. The van der Waals surface area contributed by atoms with E-state index >= 15 is 0 Å². The van der Waals surface area contributed by atoms with E-state index < -0.39 is 5.97 Å². The molecule has 0 rings (SSSR count). The van der Waals surface area contributed by atoms with Gasteiger partial charge in [0.1, 0.15) is 12.2 Å². The molecule has 0 fully saturated rings. The van der Waals surface area contributed by atoms with Crippen LogP contribution in [-0.4, -0.2) is 23.7 Å². The van der Waals surface area contributed by atoms with Gasteiger partial charge >= 0.3 is 5.97 Å². The molecule has 0 bridgehead atoms. The van der Waals surface area contributed by atoms with E-state index in [9.17, 15) is 9.59 Å². The van der Waals surface area contributed by atoms with Crippen LogP contribution in [0.5, 0.6) is 0 Å². The number of hydrogen-bond donors (Lipinski definition) is 0. The lowest BCUT2D eigenvalue weighted by Gasteiger charge is -2.02. The third-order valence-electron chi connectivity index (χ3n) is 1.68. The largest absolute Gasteiger partial charge is 0.465 e. The maximum atomic E-state index is 10.9. The highest BCUT2D eigenvalue weighted by Gasteiger charge is 2.05. The van der Waals surface area contributed by atoms with Gasteiger partial charge in [0, 0.05) is 5.33 Å². The summed E-state index contributed by atoms with van der Waals surface area (Å²) in [4.78, 5) is 21.4. The standard InChI is InChI=1S/C10H17BrO3/c1-9(12)8-10(13)14-7-5-3-2-4-6-11/h2-8H2,1H3. The predicted molar refractivity (Wildman–Crippen MR) is 58.5 cm³/mol. The first kappa shape index (κ1) is 13.6. The minimum Gasteiger partial charge on any atom is -0.465 e. The minimum atomic E-state index is -0.405. The van der Waals surface area contributed by atoms with E-state index in [2.05, 4.69) is 15.9 Å². The molecule has 0 saturated heterocycles. The van der Waals surface area contributed by atoms with Crippen LogP contribution in [0.3, 0.4) is 0 Å². The first-order valence-electron chi connectivity index (χ1n) is 4.88. The van der Waals surface area contributed by atoms with Crippen molar-refractivity contribution in [3.8, 4) is 0 Å². The van der Waals surface area contributed by atoms with E-state index in [0.717, 1.165) is 31.0 Å². The van der Waals surface area contributed by atoms with E-state index in [1.807, 2.05) is 0 Å². The third kappa shape index (κ3) is 9.71. The summed E-state index contributed by atoms with van der Waals surface area (Å²) < 4.78 is 4.86. The van der Waals surface area contributed by atoms with Gasteiger partial charge in [-0.3, -0.25) is 9.59 Å². The molecule has 0 unspecified atom stereocenters. The zero-order valence-corrected chi connectivity index (χ0v) is 10.1. The Bertz CT molecular complexity index is 180. The van der Waals surface area contributed by atoms with Crippen LogP contribution in [0, 0.1) is 0 Å². The highest BCUT2D eigenvalue weighted by molar-refractivity contribution is 9.09. The first-order chi connectivity index (χ1) is 6.66. The van der Waals surface area contributed by atoms with Crippen molar-refractivity contribution in [1.29, 1.82) is 0 Å². The van der Waals surface area contributed by atoms with Crippen molar-refractivity contribution in [3.63, 3.8) is 0 Å². The maximum absolute atomic E-state index is 10.9. The molecular formula is C10H17BrO3. The monoisotopic (exact) mass is 264 g/mol. The molecule has 3 nitrogen and oxygen atoms in total. The molecule has 0 atom stereocenters. The Balaban J connectivity index is 3.19. The van der Waals surface area contributed by atoms with Crippen LogP contribution in [0.15, 0.2) is 0 Å². The Morgan fingerprint density at radius 2 is 1.79 bits per heavy atom. The molecule has 0 radical (unpaired) electrons. The number of rotatable bonds is 8. The van der Waals surface area contributed by atoms with Crippen LogP contribution < -0.4 is 0 Å². The fourth-order valence-corrected chi connectivity index (χ4v) is 1.39. The van der Waals surface area contributed by atoms with Gasteiger partial charge in [-0.25, -0.2) is 0 Å². The van der Waals surface area contributed by atoms with Gasteiger partial charge in [-0.05, 0) is 19.8 Å². The van der Waals surface area contributed by atoms with E-state index in [1.54, 1.807) is 0 Å². The Morgan fingerprint density at radius 3 is 2.36 bits per heavy atom. The molecule has 0 aromatic rings. The summed E-state index contributed by atoms with van der Waals surface area (Å²) in [6, 6.07) is 0. The second-order valence-electron chi connectivity index (χ2n) is 3.20. The van der Waals surface area contributed by atoms with E-state index in [-0.39, 0.29) is 12.2 Å². The molecule has 0 aliphatic heterocycles. The number of esters is 1. The molecule has 4 heteroatoms.